The third-order valence-electron chi connectivity index (χ3n) is 5.12. The molecule has 1 aromatic carbocycles. The van der Waals surface area contributed by atoms with Gasteiger partial charge in [0.15, 0.2) is 0 Å². The van der Waals surface area contributed by atoms with Gasteiger partial charge in [-0.15, -0.1) is 0 Å². The van der Waals surface area contributed by atoms with Gasteiger partial charge in [-0.2, -0.15) is 0 Å². The van der Waals surface area contributed by atoms with Crippen LogP contribution in [-0.2, 0) is 4.79 Å². The van der Waals surface area contributed by atoms with Gasteiger partial charge in [-0.05, 0) is 31.4 Å². The van der Waals surface area contributed by atoms with E-state index in [-0.39, 0.29) is 5.41 Å². The summed E-state index contributed by atoms with van der Waals surface area (Å²) in [6.07, 6.45) is 3.04. The summed E-state index contributed by atoms with van der Waals surface area (Å²) in [5.41, 5.74) is 1.24. The van der Waals surface area contributed by atoms with E-state index in [0.29, 0.717) is 11.8 Å². The van der Waals surface area contributed by atoms with Gasteiger partial charge in [-0.25, -0.2) is 0 Å². The van der Waals surface area contributed by atoms with Crippen LogP contribution in [0.25, 0.3) is 0 Å². The predicted octanol–water partition coefficient (Wildman–Crippen LogP) is 2.39. The van der Waals surface area contributed by atoms with Gasteiger partial charge in [0.1, 0.15) is 0 Å². The van der Waals surface area contributed by atoms with E-state index in [9.17, 15) is 4.79 Å². The first-order valence-electron chi connectivity index (χ1n) is 7.80. The first-order valence-corrected chi connectivity index (χ1v) is 7.80. The Morgan fingerprint density at radius 1 is 1.40 bits per heavy atom. The smallest absolute Gasteiger partial charge is 0.230 e. The highest BCUT2D eigenvalue weighted by Gasteiger charge is 2.43. The van der Waals surface area contributed by atoms with Crippen LogP contribution in [0.5, 0.6) is 0 Å². The molecule has 2 saturated heterocycles. The van der Waals surface area contributed by atoms with Crippen molar-refractivity contribution in [1.29, 1.82) is 0 Å². The lowest BCUT2D eigenvalue weighted by atomic mass is 9.83. The van der Waals surface area contributed by atoms with E-state index < -0.39 is 0 Å². The van der Waals surface area contributed by atoms with Crippen molar-refractivity contribution in [1.82, 2.24) is 10.2 Å². The van der Waals surface area contributed by atoms with E-state index >= 15 is 0 Å². The van der Waals surface area contributed by atoms with E-state index in [1.54, 1.807) is 0 Å². The predicted molar refractivity (Wildman–Crippen MR) is 80.6 cm³/mol. The van der Waals surface area contributed by atoms with Crippen molar-refractivity contribution < 1.29 is 4.79 Å². The number of nitrogens with zero attached hydrogens (tertiary/aromatic N) is 1. The number of rotatable bonds is 3. The van der Waals surface area contributed by atoms with Gasteiger partial charge in [0, 0.05) is 25.6 Å². The molecule has 2 fully saturated rings. The minimum absolute atomic E-state index is 0.133. The van der Waals surface area contributed by atoms with Crippen LogP contribution in [0, 0.1) is 5.41 Å². The Balaban J connectivity index is 1.69. The highest BCUT2D eigenvalue weighted by molar-refractivity contribution is 5.83. The molecule has 0 aromatic heterocycles. The summed E-state index contributed by atoms with van der Waals surface area (Å²) in [4.78, 5) is 15.0. The zero-order valence-corrected chi connectivity index (χ0v) is 12.3. The quantitative estimate of drug-likeness (QED) is 0.916. The summed E-state index contributed by atoms with van der Waals surface area (Å²) < 4.78 is 0. The molecule has 0 radical (unpaired) electrons. The summed E-state index contributed by atoms with van der Waals surface area (Å²) in [6.45, 7) is 5.80. The fraction of sp³-hybridized carbons (Fsp3) is 0.588. The number of benzene rings is 1. The lowest BCUT2D eigenvalue weighted by Gasteiger charge is -2.30. The third kappa shape index (κ3) is 2.35. The van der Waals surface area contributed by atoms with Crippen LogP contribution >= 0.6 is 0 Å². The van der Waals surface area contributed by atoms with Crippen molar-refractivity contribution in [3.63, 3.8) is 0 Å². The van der Waals surface area contributed by atoms with Crippen molar-refractivity contribution in [2.24, 2.45) is 5.41 Å². The number of carbonyl (C=O) groups excluding carboxylic acids is 1. The van der Waals surface area contributed by atoms with Crippen LogP contribution < -0.4 is 5.32 Å². The number of hydrogen-bond acceptors (Lipinski definition) is 2. The number of hydrogen-bond donors (Lipinski definition) is 1. The molecule has 2 unspecified atom stereocenters. The number of nitrogens with one attached hydrogen (secondary N) is 1. The highest BCUT2D eigenvalue weighted by atomic mass is 16.2. The molecule has 2 aliphatic heterocycles. The molecule has 0 bridgehead atoms. The normalized spacial score (nSPS) is 29.9. The van der Waals surface area contributed by atoms with Gasteiger partial charge in [0.05, 0.1) is 5.41 Å². The Hall–Kier alpha value is -1.35. The molecule has 2 heterocycles. The second-order valence-electron chi connectivity index (χ2n) is 6.21. The largest absolute Gasteiger partial charge is 0.342 e. The number of amides is 1. The molecule has 0 spiro atoms. The van der Waals surface area contributed by atoms with Crippen LogP contribution in [-0.4, -0.2) is 37.0 Å². The molecule has 1 N–H and O–H groups in total. The summed E-state index contributed by atoms with van der Waals surface area (Å²) in [7, 11) is 0. The van der Waals surface area contributed by atoms with Gasteiger partial charge in [-0.3, -0.25) is 4.79 Å². The standard InChI is InChI=1S/C17H24N2O/c1-2-17(9-10-18-13-17)16(20)19-11-8-15(12-19)14-6-4-3-5-7-14/h3-7,15,18H,2,8-13H2,1H3. The topological polar surface area (TPSA) is 32.3 Å². The van der Waals surface area contributed by atoms with Crippen molar-refractivity contribution in [2.45, 2.75) is 32.1 Å². The molecular formula is C17H24N2O. The monoisotopic (exact) mass is 272 g/mol. The minimum Gasteiger partial charge on any atom is -0.342 e. The Bertz CT molecular complexity index is 465. The van der Waals surface area contributed by atoms with Crippen molar-refractivity contribution in [3.05, 3.63) is 35.9 Å². The van der Waals surface area contributed by atoms with Crippen molar-refractivity contribution >= 4 is 5.91 Å². The van der Waals surface area contributed by atoms with Gasteiger partial charge >= 0.3 is 0 Å². The fourth-order valence-electron chi connectivity index (χ4n) is 3.66. The van der Waals surface area contributed by atoms with Crippen LogP contribution in [0.1, 0.15) is 37.7 Å². The number of carbonyl (C=O) groups is 1. The average Bonchev–Trinajstić information content (AvgIpc) is 3.17. The molecular weight excluding hydrogens is 248 g/mol. The second kappa shape index (κ2) is 5.57. The SMILES string of the molecule is CCC1(C(=O)N2CCC(c3ccccc3)C2)CCNC1. The number of likely N-dealkylation sites (tertiary alicyclic amines) is 1. The molecule has 2 aliphatic rings. The van der Waals surface area contributed by atoms with E-state index in [0.717, 1.165) is 45.4 Å². The lowest BCUT2D eigenvalue weighted by molar-refractivity contribution is -0.140. The third-order valence-corrected chi connectivity index (χ3v) is 5.12. The van der Waals surface area contributed by atoms with E-state index in [4.69, 9.17) is 0 Å². The molecule has 108 valence electrons. The maximum absolute atomic E-state index is 12.9. The Morgan fingerprint density at radius 3 is 2.85 bits per heavy atom. The van der Waals surface area contributed by atoms with E-state index in [1.165, 1.54) is 5.56 Å². The zero-order chi connectivity index (χ0) is 14.0. The summed E-state index contributed by atoms with van der Waals surface area (Å²) in [6, 6.07) is 10.6. The molecule has 3 heteroatoms. The minimum atomic E-state index is -0.133. The van der Waals surface area contributed by atoms with Crippen LogP contribution in [0.3, 0.4) is 0 Å². The summed E-state index contributed by atoms with van der Waals surface area (Å²) >= 11 is 0. The highest BCUT2D eigenvalue weighted by Crippen LogP contribution is 2.35. The molecule has 20 heavy (non-hydrogen) atoms. The molecule has 1 aromatic rings. The molecule has 3 rings (SSSR count). The zero-order valence-electron chi connectivity index (χ0n) is 12.3. The first kappa shape index (κ1) is 13.6. The molecule has 0 saturated carbocycles. The van der Waals surface area contributed by atoms with E-state index in [1.807, 2.05) is 0 Å². The Morgan fingerprint density at radius 2 is 2.20 bits per heavy atom. The fourth-order valence-corrected chi connectivity index (χ4v) is 3.66. The van der Waals surface area contributed by atoms with Gasteiger partial charge in [0.25, 0.3) is 0 Å². The van der Waals surface area contributed by atoms with Crippen molar-refractivity contribution in [2.75, 3.05) is 26.2 Å². The molecule has 1 amide bonds. The Labute approximate surface area is 121 Å². The second-order valence-corrected chi connectivity index (χ2v) is 6.21. The maximum Gasteiger partial charge on any atom is 0.230 e. The van der Waals surface area contributed by atoms with Gasteiger partial charge in [-0.1, -0.05) is 37.3 Å². The lowest BCUT2D eigenvalue weighted by Crippen LogP contribution is -2.44. The summed E-state index contributed by atoms with van der Waals surface area (Å²) in [5, 5.41) is 3.36. The molecule has 2 atom stereocenters. The van der Waals surface area contributed by atoms with Gasteiger partial charge in [0.2, 0.25) is 5.91 Å². The van der Waals surface area contributed by atoms with Gasteiger partial charge < -0.3 is 10.2 Å². The average molecular weight is 272 g/mol. The van der Waals surface area contributed by atoms with Crippen LogP contribution in [0.2, 0.25) is 0 Å². The molecule has 0 aliphatic carbocycles. The van der Waals surface area contributed by atoms with E-state index in [2.05, 4.69) is 47.5 Å². The van der Waals surface area contributed by atoms with Crippen LogP contribution in [0.4, 0.5) is 0 Å². The van der Waals surface area contributed by atoms with Crippen LogP contribution in [0.15, 0.2) is 30.3 Å². The van der Waals surface area contributed by atoms with Crippen molar-refractivity contribution in [3.8, 4) is 0 Å². The Kier molecular flexibility index (Phi) is 3.79. The maximum atomic E-state index is 12.9. The summed E-state index contributed by atoms with van der Waals surface area (Å²) in [5.74, 6) is 0.895. The molecule has 3 nitrogen and oxygen atoms in total. The first-order chi connectivity index (χ1) is 9.75.